The molecule has 2 amide bonds. The lowest BCUT2D eigenvalue weighted by Crippen LogP contribution is -2.32. The molecule has 0 atom stereocenters. The third-order valence-corrected chi connectivity index (χ3v) is 3.97. The van der Waals surface area contributed by atoms with Crippen molar-refractivity contribution in [2.24, 2.45) is 0 Å². The molecule has 2 rings (SSSR count). The van der Waals surface area contributed by atoms with Gasteiger partial charge in [0, 0.05) is 25.6 Å². The first-order valence-electron chi connectivity index (χ1n) is 8.54. The van der Waals surface area contributed by atoms with Crippen LogP contribution >= 0.6 is 0 Å². The Morgan fingerprint density at radius 1 is 1.04 bits per heavy atom. The Bertz CT molecular complexity index is 825. The lowest BCUT2D eigenvalue weighted by Gasteiger charge is -2.11. The lowest BCUT2D eigenvalue weighted by atomic mass is 10.1. The van der Waals surface area contributed by atoms with E-state index in [1.807, 2.05) is 25.1 Å². The van der Waals surface area contributed by atoms with Crippen LogP contribution in [0.15, 0.2) is 36.4 Å². The zero-order valence-electron chi connectivity index (χ0n) is 15.3. The van der Waals surface area contributed by atoms with Gasteiger partial charge in [-0.2, -0.15) is 0 Å². The number of hydrogen-bond acceptors (Lipinski definition) is 3. The maximum Gasteiger partial charge on any atom is 0.254 e. The van der Waals surface area contributed by atoms with E-state index >= 15 is 0 Å². The molecular weight excluding hydrogens is 354 g/mol. The van der Waals surface area contributed by atoms with Crippen LogP contribution < -0.4 is 15.4 Å². The Hall–Kier alpha value is -2.96. The van der Waals surface area contributed by atoms with Gasteiger partial charge in [-0.1, -0.05) is 17.7 Å². The third kappa shape index (κ3) is 6.06. The van der Waals surface area contributed by atoms with E-state index < -0.39 is 17.5 Å². The van der Waals surface area contributed by atoms with Crippen molar-refractivity contribution in [1.82, 2.24) is 10.6 Å². The topological polar surface area (TPSA) is 67.4 Å². The molecular formula is C20H22F2N2O3. The normalized spacial score (nSPS) is 10.4. The first kappa shape index (κ1) is 20.4. The van der Waals surface area contributed by atoms with E-state index in [0.717, 1.165) is 29.0 Å². The second-order valence-corrected chi connectivity index (χ2v) is 6.05. The van der Waals surface area contributed by atoms with E-state index in [0.29, 0.717) is 19.0 Å². The molecule has 0 heterocycles. The number of halogens is 2. The largest absolute Gasteiger partial charge is 0.496 e. The van der Waals surface area contributed by atoms with E-state index in [4.69, 9.17) is 4.74 Å². The second-order valence-electron chi connectivity index (χ2n) is 6.05. The SMILES string of the molecule is COc1ccc(C)cc1CCNC(=O)CCNC(=O)c1ccc(F)cc1F. The maximum atomic E-state index is 13.5. The number of nitrogens with one attached hydrogen (secondary N) is 2. The van der Waals surface area contributed by atoms with Gasteiger partial charge in [0.15, 0.2) is 0 Å². The standard InChI is InChI=1S/C20H22F2N2O3/c1-13-3-6-18(27-2)14(11-13)7-9-23-19(25)8-10-24-20(26)16-5-4-15(21)12-17(16)22/h3-6,11-12H,7-10H2,1-2H3,(H,23,25)(H,24,26). The van der Waals surface area contributed by atoms with Crippen LogP contribution in [0.1, 0.15) is 27.9 Å². The van der Waals surface area contributed by atoms with Crippen molar-refractivity contribution >= 4 is 11.8 Å². The van der Waals surface area contributed by atoms with Gasteiger partial charge >= 0.3 is 0 Å². The van der Waals surface area contributed by atoms with E-state index in [2.05, 4.69) is 10.6 Å². The zero-order valence-corrected chi connectivity index (χ0v) is 15.3. The number of carbonyl (C=O) groups is 2. The third-order valence-electron chi connectivity index (χ3n) is 3.97. The number of aryl methyl sites for hydroxylation is 1. The monoisotopic (exact) mass is 376 g/mol. The summed E-state index contributed by atoms with van der Waals surface area (Å²) in [5, 5.41) is 5.21. The molecule has 2 N–H and O–H groups in total. The van der Waals surface area contributed by atoms with Crippen LogP contribution in [0.2, 0.25) is 0 Å². The summed E-state index contributed by atoms with van der Waals surface area (Å²) in [6.45, 7) is 2.46. The van der Waals surface area contributed by atoms with Gasteiger partial charge in [-0.05, 0) is 37.1 Å². The molecule has 0 aliphatic carbocycles. The van der Waals surface area contributed by atoms with Gasteiger partial charge in [-0.25, -0.2) is 8.78 Å². The van der Waals surface area contributed by atoms with Gasteiger partial charge in [0.2, 0.25) is 5.91 Å². The van der Waals surface area contributed by atoms with Crippen LogP contribution in [-0.4, -0.2) is 32.0 Å². The van der Waals surface area contributed by atoms with Gasteiger partial charge in [-0.15, -0.1) is 0 Å². The second kappa shape index (κ2) is 9.66. The number of methoxy groups -OCH3 is 1. The summed E-state index contributed by atoms with van der Waals surface area (Å²) in [6.07, 6.45) is 0.670. The maximum absolute atomic E-state index is 13.5. The molecule has 0 spiro atoms. The minimum atomic E-state index is -0.941. The summed E-state index contributed by atoms with van der Waals surface area (Å²) in [4.78, 5) is 23.7. The van der Waals surface area contributed by atoms with E-state index in [-0.39, 0.29) is 24.4 Å². The number of benzene rings is 2. The summed E-state index contributed by atoms with van der Waals surface area (Å²) < 4.78 is 31.7. The van der Waals surface area contributed by atoms with Crippen molar-refractivity contribution in [2.45, 2.75) is 19.8 Å². The smallest absolute Gasteiger partial charge is 0.254 e. The number of rotatable bonds is 8. The van der Waals surface area contributed by atoms with Crippen LogP contribution in [0.4, 0.5) is 8.78 Å². The summed E-state index contributed by atoms with van der Waals surface area (Å²) in [5.41, 5.74) is 1.84. The molecule has 144 valence electrons. The molecule has 0 radical (unpaired) electrons. The molecule has 0 bridgehead atoms. The highest BCUT2D eigenvalue weighted by Crippen LogP contribution is 2.19. The quantitative estimate of drug-likeness (QED) is 0.745. The van der Waals surface area contributed by atoms with Gasteiger partial charge < -0.3 is 15.4 Å². The Kier molecular flexibility index (Phi) is 7.28. The van der Waals surface area contributed by atoms with Gasteiger partial charge in [-0.3, -0.25) is 9.59 Å². The summed E-state index contributed by atoms with van der Waals surface area (Å²) in [5.74, 6) is -1.85. The molecule has 0 saturated carbocycles. The highest BCUT2D eigenvalue weighted by molar-refractivity contribution is 5.94. The van der Waals surface area contributed by atoms with E-state index in [9.17, 15) is 18.4 Å². The van der Waals surface area contributed by atoms with Crippen LogP contribution in [0.3, 0.4) is 0 Å². The number of hydrogen-bond donors (Lipinski definition) is 2. The highest BCUT2D eigenvalue weighted by Gasteiger charge is 2.12. The van der Waals surface area contributed by atoms with Gasteiger partial charge in [0.05, 0.1) is 12.7 Å². The van der Waals surface area contributed by atoms with Gasteiger partial charge in [0.1, 0.15) is 17.4 Å². The molecule has 0 unspecified atom stereocenters. The average Bonchev–Trinajstić information content (AvgIpc) is 2.61. The summed E-state index contributed by atoms with van der Waals surface area (Å²) >= 11 is 0. The Labute approximate surface area is 156 Å². The molecule has 2 aromatic rings. The highest BCUT2D eigenvalue weighted by atomic mass is 19.1. The van der Waals surface area contributed by atoms with Crippen LogP contribution in [-0.2, 0) is 11.2 Å². The van der Waals surface area contributed by atoms with Gasteiger partial charge in [0.25, 0.3) is 5.91 Å². The van der Waals surface area contributed by atoms with Crippen molar-refractivity contribution in [2.75, 3.05) is 20.2 Å². The van der Waals surface area contributed by atoms with Crippen molar-refractivity contribution in [3.8, 4) is 5.75 Å². The van der Waals surface area contributed by atoms with Crippen molar-refractivity contribution in [1.29, 1.82) is 0 Å². The van der Waals surface area contributed by atoms with Crippen LogP contribution in [0.25, 0.3) is 0 Å². The summed E-state index contributed by atoms with van der Waals surface area (Å²) in [6, 6.07) is 8.55. The molecule has 0 aromatic heterocycles. The van der Waals surface area contributed by atoms with Crippen LogP contribution in [0, 0.1) is 18.6 Å². The molecule has 27 heavy (non-hydrogen) atoms. The molecule has 0 saturated heterocycles. The minimum Gasteiger partial charge on any atom is -0.496 e. The van der Waals surface area contributed by atoms with Crippen molar-refractivity contribution in [3.63, 3.8) is 0 Å². The predicted octanol–water partition coefficient (Wildman–Crippen LogP) is 2.76. The Morgan fingerprint density at radius 2 is 1.81 bits per heavy atom. The molecule has 0 fully saturated rings. The van der Waals surface area contributed by atoms with E-state index in [1.165, 1.54) is 0 Å². The number of ether oxygens (including phenoxy) is 1. The minimum absolute atomic E-state index is 0.0508. The zero-order chi connectivity index (χ0) is 19.8. The molecule has 0 aliphatic heterocycles. The fraction of sp³-hybridized carbons (Fsp3) is 0.300. The molecule has 5 nitrogen and oxygen atoms in total. The average molecular weight is 376 g/mol. The predicted molar refractivity (Wildman–Crippen MR) is 97.8 cm³/mol. The molecule has 7 heteroatoms. The summed E-state index contributed by atoms with van der Waals surface area (Å²) in [7, 11) is 1.60. The molecule has 2 aromatic carbocycles. The first-order valence-corrected chi connectivity index (χ1v) is 8.54. The Morgan fingerprint density at radius 3 is 2.52 bits per heavy atom. The van der Waals surface area contributed by atoms with E-state index in [1.54, 1.807) is 7.11 Å². The fourth-order valence-corrected chi connectivity index (χ4v) is 2.59. The fourth-order valence-electron chi connectivity index (χ4n) is 2.59. The molecule has 0 aliphatic rings. The van der Waals surface area contributed by atoms with Crippen LogP contribution in [0.5, 0.6) is 5.75 Å². The lowest BCUT2D eigenvalue weighted by molar-refractivity contribution is -0.120. The number of amides is 2. The number of carbonyl (C=O) groups excluding carboxylic acids is 2. The van der Waals surface area contributed by atoms with Crippen molar-refractivity contribution < 1.29 is 23.1 Å². The Balaban J connectivity index is 1.73. The van der Waals surface area contributed by atoms with Crippen molar-refractivity contribution in [3.05, 3.63) is 64.7 Å². The first-order chi connectivity index (χ1) is 12.9.